The number of aliphatic hydroxyl groups excluding tert-OH is 3. The molecule has 0 saturated carbocycles. The topological polar surface area (TPSA) is 60.7 Å². The van der Waals surface area contributed by atoms with Crippen LogP contribution in [0.25, 0.3) is 0 Å². The molecule has 0 fully saturated rings. The van der Waals surface area contributed by atoms with Crippen molar-refractivity contribution in [1.82, 2.24) is 0 Å². The van der Waals surface area contributed by atoms with Crippen LogP contribution in [0.1, 0.15) is 59.3 Å². The Balaban J connectivity index is -0.0000000277. The van der Waals surface area contributed by atoms with Crippen LogP contribution < -0.4 is 34.0 Å². The number of unbranched alkanes of at least 4 members (excludes halogenated alkanes) is 3. The zero-order chi connectivity index (χ0) is 12.4. The van der Waals surface area contributed by atoms with Gasteiger partial charge in [0.25, 0.3) is 0 Å². The third-order valence-electron chi connectivity index (χ3n) is 1.54. The quantitative estimate of drug-likeness (QED) is 0.405. The molecule has 3 nitrogen and oxygen atoms in total. The Morgan fingerprint density at radius 2 is 0.722 bits per heavy atom. The molecule has 0 amide bonds. The third-order valence-corrected chi connectivity index (χ3v) is 1.54. The first kappa shape index (κ1) is 36.6. The van der Waals surface area contributed by atoms with Crippen molar-refractivity contribution in [1.29, 1.82) is 0 Å². The summed E-state index contributed by atoms with van der Waals surface area (Å²) in [4.78, 5) is 0. The zero-order valence-corrected chi connectivity index (χ0v) is 16.5. The van der Waals surface area contributed by atoms with Crippen LogP contribution in [-0.2, 0) is 18.6 Å². The predicted octanol–water partition coefficient (Wildman–Crippen LogP) is -3.66. The third kappa shape index (κ3) is 85.3. The summed E-state index contributed by atoms with van der Waals surface area (Å²) in [5.74, 6) is 0. The summed E-state index contributed by atoms with van der Waals surface area (Å²) in [5, 5.41) is 24.2. The molecule has 0 aliphatic carbocycles. The van der Waals surface area contributed by atoms with E-state index in [2.05, 4.69) is 20.8 Å². The van der Waals surface area contributed by atoms with Gasteiger partial charge in [0.2, 0.25) is 0 Å². The maximum atomic E-state index is 8.07. The molecule has 6 heteroatoms. The van der Waals surface area contributed by atoms with Crippen LogP contribution in [0.15, 0.2) is 0 Å². The van der Waals surface area contributed by atoms with E-state index in [0.29, 0.717) is 19.8 Å². The van der Waals surface area contributed by atoms with Gasteiger partial charge >= 0.3 is 18.6 Å². The van der Waals surface area contributed by atoms with Crippen LogP contribution in [0.4, 0.5) is 0 Å². The molecule has 0 atom stereocenters. The van der Waals surface area contributed by atoms with Gasteiger partial charge in [-0.05, 0) is 19.3 Å². The van der Waals surface area contributed by atoms with Gasteiger partial charge in [-0.3, -0.25) is 0 Å². The molecular formula is C12H30Br2O3V. The number of hydrogen-bond acceptors (Lipinski definition) is 3. The Morgan fingerprint density at radius 1 is 0.556 bits per heavy atom. The van der Waals surface area contributed by atoms with Gasteiger partial charge in [-0.25, -0.2) is 0 Å². The fourth-order valence-electron chi connectivity index (χ4n) is 0.474. The minimum absolute atomic E-state index is 0. The molecular weight excluding hydrogens is 403 g/mol. The van der Waals surface area contributed by atoms with E-state index in [0.717, 1.165) is 38.5 Å². The molecule has 0 spiro atoms. The van der Waals surface area contributed by atoms with E-state index in [4.69, 9.17) is 15.3 Å². The molecule has 0 unspecified atom stereocenters. The van der Waals surface area contributed by atoms with Crippen molar-refractivity contribution < 1.29 is 67.8 Å². The number of halogens is 2. The van der Waals surface area contributed by atoms with E-state index in [1.807, 2.05) is 0 Å². The summed E-state index contributed by atoms with van der Waals surface area (Å²) in [7, 11) is 0. The summed E-state index contributed by atoms with van der Waals surface area (Å²) in [6.45, 7) is 7.19. The second-order valence-electron chi connectivity index (χ2n) is 3.23. The zero-order valence-electron chi connectivity index (χ0n) is 11.9. The Bertz CT molecular complexity index is 62.1. The molecule has 0 aliphatic heterocycles. The SMILES string of the molecule is CCCCO.CCCCO.CCCCO.[Br-].[Br-].[V+2]. The minimum Gasteiger partial charge on any atom is -1.00 e. The van der Waals surface area contributed by atoms with Crippen molar-refractivity contribution in [3.63, 3.8) is 0 Å². The molecule has 0 aromatic heterocycles. The molecule has 1 radical (unpaired) electrons. The summed E-state index contributed by atoms with van der Waals surface area (Å²) in [5.41, 5.74) is 0. The molecule has 0 aromatic carbocycles. The van der Waals surface area contributed by atoms with Gasteiger partial charge in [0.05, 0.1) is 0 Å². The van der Waals surface area contributed by atoms with Crippen LogP contribution in [0.2, 0.25) is 0 Å². The molecule has 0 aliphatic rings. The van der Waals surface area contributed by atoms with Gasteiger partial charge in [-0.15, -0.1) is 0 Å². The monoisotopic (exact) mass is 431 g/mol. The van der Waals surface area contributed by atoms with E-state index in [9.17, 15) is 0 Å². The van der Waals surface area contributed by atoms with Crippen LogP contribution in [-0.4, -0.2) is 35.1 Å². The standard InChI is InChI=1S/3C4H10O.2BrH.V/c3*1-2-3-4-5;;;/h3*5H,2-4H2,1H3;2*1H;/q;;;;;+2/p-2. The van der Waals surface area contributed by atoms with E-state index >= 15 is 0 Å². The summed E-state index contributed by atoms with van der Waals surface area (Å²) >= 11 is 0. The average molecular weight is 433 g/mol. The Labute approximate surface area is 146 Å². The first-order chi connectivity index (χ1) is 7.24. The van der Waals surface area contributed by atoms with Crippen molar-refractivity contribution >= 4 is 0 Å². The van der Waals surface area contributed by atoms with Crippen LogP contribution in [0, 0.1) is 0 Å². The van der Waals surface area contributed by atoms with Gasteiger partial charge < -0.3 is 49.3 Å². The van der Waals surface area contributed by atoms with E-state index in [1.165, 1.54) is 0 Å². The number of rotatable bonds is 6. The smallest absolute Gasteiger partial charge is 1.00 e. The van der Waals surface area contributed by atoms with Crippen molar-refractivity contribution in [3.8, 4) is 0 Å². The van der Waals surface area contributed by atoms with Gasteiger partial charge in [-0.1, -0.05) is 40.0 Å². The van der Waals surface area contributed by atoms with Crippen LogP contribution in [0.3, 0.4) is 0 Å². The van der Waals surface area contributed by atoms with Crippen molar-refractivity contribution in [2.24, 2.45) is 0 Å². The number of hydrogen-bond donors (Lipinski definition) is 3. The van der Waals surface area contributed by atoms with Gasteiger partial charge in [0, 0.05) is 19.8 Å². The van der Waals surface area contributed by atoms with Crippen molar-refractivity contribution in [3.05, 3.63) is 0 Å². The second-order valence-corrected chi connectivity index (χ2v) is 3.23. The first-order valence-electron chi connectivity index (χ1n) is 6.07. The summed E-state index contributed by atoms with van der Waals surface area (Å²) < 4.78 is 0. The molecule has 0 heterocycles. The largest absolute Gasteiger partial charge is 2.00 e. The minimum atomic E-state index is 0. The molecule has 0 bridgehead atoms. The van der Waals surface area contributed by atoms with Crippen molar-refractivity contribution in [2.75, 3.05) is 19.8 Å². The molecule has 115 valence electrons. The Kier molecular flexibility index (Phi) is 105. The van der Waals surface area contributed by atoms with E-state index in [-0.39, 0.29) is 52.5 Å². The molecule has 18 heavy (non-hydrogen) atoms. The Morgan fingerprint density at radius 3 is 0.722 bits per heavy atom. The molecule has 3 N–H and O–H groups in total. The van der Waals surface area contributed by atoms with E-state index in [1.54, 1.807) is 0 Å². The maximum Gasteiger partial charge on any atom is 2.00 e. The Hall–Kier alpha value is 1.42. The molecule has 0 saturated heterocycles. The fourth-order valence-corrected chi connectivity index (χ4v) is 0.474. The molecule has 0 aromatic rings. The van der Waals surface area contributed by atoms with Gasteiger partial charge in [0.1, 0.15) is 0 Å². The predicted molar refractivity (Wildman–Crippen MR) is 66.0 cm³/mol. The molecule has 0 rings (SSSR count). The second kappa shape index (κ2) is 51.5. The fraction of sp³-hybridized carbons (Fsp3) is 1.00. The number of aliphatic hydroxyl groups is 3. The van der Waals surface area contributed by atoms with Crippen LogP contribution >= 0.6 is 0 Å². The van der Waals surface area contributed by atoms with E-state index < -0.39 is 0 Å². The van der Waals surface area contributed by atoms with Gasteiger partial charge in [-0.2, -0.15) is 0 Å². The van der Waals surface area contributed by atoms with Crippen molar-refractivity contribution in [2.45, 2.75) is 59.3 Å². The summed E-state index contributed by atoms with van der Waals surface area (Å²) in [6.07, 6.45) is 6.11. The average Bonchev–Trinajstić information content (AvgIpc) is 2.23. The maximum absolute atomic E-state index is 8.07. The summed E-state index contributed by atoms with van der Waals surface area (Å²) in [6, 6.07) is 0. The van der Waals surface area contributed by atoms with Gasteiger partial charge in [0.15, 0.2) is 0 Å². The van der Waals surface area contributed by atoms with Crippen LogP contribution in [0.5, 0.6) is 0 Å². The first-order valence-corrected chi connectivity index (χ1v) is 6.07. The normalized spacial score (nSPS) is 7.00.